The monoisotopic (exact) mass is 451 g/mol. The van der Waals surface area contributed by atoms with E-state index in [1.165, 1.54) is 17.4 Å². The minimum atomic E-state index is -4.39. The highest BCUT2D eigenvalue weighted by Crippen LogP contribution is 2.34. The van der Waals surface area contributed by atoms with Gasteiger partial charge in [0.2, 0.25) is 5.88 Å². The highest BCUT2D eigenvalue weighted by atomic mass is 32.1. The predicted octanol–water partition coefficient (Wildman–Crippen LogP) is 4.79. The van der Waals surface area contributed by atoms with Crippen molar-refractivity contribution in [2.45, 2.75) is 20.0 Å². The molecule has 0 unspecified atom stereocenters. The van der Waals surface area contributed by atoms with E-state index in [-0.39, 0.29) is 6.03 Å². The van der Waals surface area contributed by atoms with Crippen LogP contribution in [0, 0.1) is 13.8 Å². The lowest BCUT2D eigenvalue weighted by molar-refractivity contribution is -0.137. The summed E-state index contributed by atoms with van der Waals surface area (Å²) < 4.78 is 44.0. The number of piperazine rings is 1. The second kappa shape index (κ2) is 8.22. The molecular formula is C20H20F3N5O2S. The van der Waals surface area contributed by atoms with Crippen LogP contribution in [0.15, 0.2) is 34.2 Å². The number of thiazole rings is 1. The minimum Gasteiger partial charge on any atom is -0.345 e. The maximum absolute atomic E-state index is 13.0. The van der Waals surface area contributed by atoms with Crippen LogP contribution in [-0.2, 0) is 6.18 Å². The number of urea groups is 1. The number of carbonyl (C=O) groups excluding carboxylic acids is 1. The molecular weight excluding hydrogens is 431 g/mol. The van der Waals surface area contributed by atoms with Crippen LogP contribution in [-0.4, -0.2) is 47.3 Å². The van der Waals surface area contributed by atoms with E-state index in [1.54, 1.807) is 23.3 Å². The van der Waals surface area contributed by atoms with Crippen molar-refractivity contribution < 1.29 is 22.5 Å². The van der Waals surface area contributed by atoms with Gasteiger partial charge in [0.1, 0.15) is 0 Å². The van der Waals surface area contributed by atoms with Crippen LogP contribution < -0.4 is 10.2 Å². The van der Waals surface area contributed by atoms with Crippen molar-refractivity contribution in [2.75, 3.05) is 36.4 Å². The molecule has 1 aliphatic heterocycles. The number of benzene rings is 1. The van der Waals surface area contributed by atoms with Gasteiger partial charge in [-0.15, -0.1) is 11.3 Å². The van der Waals surface area contributed by atoms with Gasteiger partial charge in [-0.25, -0.2) is 9.78 Å². The normalized spacial score (nSPS) is 14.7. The first-order valence-corrected chi connectivity index (χ1v) is 10.5. The van der Waals surface area contributed by atoms with E-state index in [0.717, 1.165) is 23.4 Å². The quantitative estimate of drug-likeness (QED) is 0.620. The molecule has 1 fully saturated rings. The standard InChI is InChI=1S/C20H20F3N5O2S/c1-12-13(2)26-30-17(12)25-18(29)27-6-8-28(9-7-27)19-24-16(11-31-19)14-4-3-5-15(10-14)20(21,22)23/h3-5,10-11H,6-9H2,1-2H3,(H,25,29). The first-order chi connectivity index (χ1) is 14.7. The fourth-order valence-electron chi connectivity index (χ4n) is 3.21. The Morgan fingerprint density at radius 2 is 1.94 bits per heavy atom. The second-order valence-corrected chi connectivity index (χ2v) is 8.06. The van der Waals surface area contributed by atoms with Crippen molar-refractivity contribution in [3.8, 4) is 11.3 Å². The molecule has 0 aliphatic carbocycles. The summed E-state index contributed by atoms with van der Waals surface area (Å²) in [6.07, 6.45) is -4.39. The largest absolute Gasteiger partial charge is 0.416 e. The highest BCUT2D eigenvalue weighted by Gasteiger charge is 2.31. The van der Waals surface area contributed by atoms with E-state index in [1.807, 2.05) is 11.8 Å². The molecule has 3 heterocycles. The van der Waals surface area contributed by atoms with E-state index in [0.29, 0.717) is 48.5 Å². The van der Waals surface area contributed by atoms with Crippen molar-refractivity contribution in [1.29, 1.82) is 0 Å². The van der Waals surface area contributed by atoms with Gasteiger partial charge in [-0.1, -0.05) is 17.3 Å². The summed E-state index contributed by atoms with van der Waals surface area (Å²) in [6.45, 7) is 5.72. The topological polar surface area (TPSA) is 74.5 Å². The Kier molecular flexibility index (Phi) is 5.61. The molecule has 1 aliphatic rings. The number of nitrogens with zero attached hydrogens (tertiary/aromatic N) is 4. The Labute approximate surface area is 180 Å². The maximum Gasteiger partial charge on any atom is 0.416 e. The zero-order valence-corrected chi connectivity index (χ0v) is 17.7. The molecule has 31 heavy (non-hydrogen) atoms. The number of hydrogen-bond acceptors (Lipinski definition) is 6. The first kappa shape index (κ1) is 21.2. The maximum atomic E-state index is 13.0. The number of carbonyl (C=O) groups is 1. The number of amides is 2. The number of nitrogens with one attached hydrogen (secondary N) is 1. The molecule has 0 atom stereocenters. The van der Waals surface area contributed by atoms with Gasteiger partial charge < -0.3 is 14.3 Å². The number of anilines is 2. The lowest BCUT2D eigenvalue weighted by Crippen LogP contribution is -2.50. The van der Waals surface area contributed by atoms with E-state index in [2.05, 4.69) is 15.5 Å². The molecule has 1 saturated heterocycles. The van der Waals surface area contributed by atoms with Crippen LogP contribution in [0.4, 0.5) is 29.0 Å². The van der Waals surface area contributed by atoms with Gasteiger partial charge >= 0.3 is 12.2 Å². The molecule has 3 aromatic rings. The molecule has 4 rings (SSSR count). The van der Waals surface area contributed by atoms with Gasteiger partial charge in [0, 0.05) is 42.7 Å². The summed E-state index contributed by atoms with van der Waals surface area (Å²) in [4.78, 5) is 20.7. The first-order valence-electron chi connectivity index (χ1n) is 9.59. The van der Waals surface area contributed by atoms with Gasteiger partial charge in [-0.2, -0.15) is 13.2 Å². The van der Waals surface area contributed by atoms with Gasteiger partial charge in [-0.3, -0.25) is 5.32 Å². The number of aromatic nitrogens is 2. The highest BCUT2D eigenvalue weighted by molar-refractivity contribution is 7.14. The minimum absolute atomic E-state index is 0.261. The van der Waals surface area contributed by atoms with Crippen molar-refractivity contribution in [3.05, 3.63) is 46.5 Å². The Hall–Kier alpha value is -3.08. The third-order valence-corrected chi connectivity index (χ3v) is 6.09. The predicted molar refractivity (Wildman–Crippen MR) is 111 cm³/mol. The number of rotatable bonds is 3. The zero-order chi connectivity index (χ0) is 22.2. The molecule has 0 bridgehead atoms. The summed E-state index contributed by atoms with van der Waals surface area (Å²) in [7, 11) is 0. The van der Waals surface area contributed by atoms with E-state index < -0.39 is 11.7 Å². The molecule has 2 amide bonds. The van der Waals surface area contributed by atoms with Gasteiger partial charge in [0.15, 0.2) is 5.13 Å². The van der Waals surface area contributed by atoms with Gasteiger partial charge in [0.05, 0.1) is 17.0 Å². The summed E-state index contributed by atoms with van der Waals surface area (Å²) in [5.41, 5.74) is 1.74. The fourth-order valence-corrected chi connectivity index (χ4v) is 4.09. The summed E-state index contributed by atoms with van der Waals surface area (Å²) in [5.74, 6) is 0.343. The van der Waals surface area contributed by atoms with Crippen LogP contribution in [0.2, 0.25) is 0 Å². The number of halogens is 3. The molecule has 2 aromatic heterocycles. The average Bonchev–Trinajstić information content (AvgIpc) is 3.36. The molecule has 7 nitrogen and oxygen atoms in total. The Balaban J connectivity index is 1.38. The summed E-state index contributed by atoms with van der Waals surface area (Å²) >= 11 is 1.37. The smallest absolute Gasteiger partial charge is 0.345 e. The van der Waals surface area contributed by atoms with Crippen molar-refractivity contribution >= 4 is 28.4 Å². The molecule has 0 saturated carbocycles. The zero-order valence-electron chi connectivity index (χ0n) is 16.9. The number of hydrogen-bond donors (Lipinski definition) is 1. The van der Waals surface area contributed by atoms with Crippen molar-refractivity contribution in [1.82, 2.24) is 15.0 Å². The third kappa shape index (κ3) is 4.50. The summed E-state index contributed by atoms with van der Waals surface area (Å²) in [6, 6.07) is 4.88. The lowest BCUT2D eigenvalue weighted by Gasteiger charge is -2.34. The van der Waals surface area contributed by atoms with Crippen LogP contribution in [0.25, 0.3) is 11.3 Å². The third-order valence-electron chi connectivity index (χ3n) is 5.19. The number of aryl methyl sites for hydroxylation is 1. The molecule has 1 N–H and O–H groups in total. The Bertz CT molecular complexity index is 1090. The van der Waals surface area contributed by atoms with Crippen molar-refractivity contribution in [3.63, 3.8) is 0 Å². The Morgan fingerprint density at radius 1 is 1.19 bits per heavy atom. The SMILES string of the molecule is Cc1noc(NC(=O)N2CCN(c3nc(-c4cccc(C(F)(F)F)c4)cs3)CC2)c1C. The lowest BCUT2D eigenvalue weighted by atomic mass is 10.1. The summed E-state index contributed by atoms with van der Waals surface area (Å²) in [5, 5.41) is 9.02. The van der Waals surface area contributed by atoms with E-state index in [9.17, 15) is 18.0 Å². The molecule has 11 heteroatoms. The van der Waals surface area contributed by atoms with Crippen LogP contribution >= 0.6 is 11.3 Å². The Morgan fingerprint density at radius 3 is 2.58 bits per heavy atom. The van der Waals surface area contributed by atoms with Crippen LogP contribution in [0.5, 0.6) is 0 Å². The van der Waals surface area contributed by atoms with Crippen LogP contribution in [0.1, 0.15) is 16.8 Å². The van der Waals surface area contributed by atoms with Gasteiger partial charge in [-0.05, 0) is 26.0 Å². The van der Waals surface area contributed by atoms with E-state index >= 15 is 0 Å². The molecule has 164 valence electrons. The number of alkyl halides is 3. The molecule has 0 radical (unpaired) electrons. The molecule has 0 spiro atoms. The molecule has 1 aromatic carbocycles. The van der Waals surface area contributed by atoms with E-state index in [4.69, 9.17) is 4.52 Å². The van der Waals surface area contributed by atoms with Crippen LogP contribution in [0.3, 0.4) is 0 Å². The van der Waals surface area contributed by atoms with Crippen molar-refractivity contribution in [2.24, 2.45) is 0 Å². The van der Waals surface area contributed by atoms with Gasteiger partial charge in [0.25, 0.3) is 0 Å². The second-order valence-electron chi connectivity index (χ2n) is 7.22. The average molecular weight is 451 g/mol. The fraction of sp³-hybridized carbons (Fsp3) is 0.350.